The molecule has 1 atom stereocenters. The van der Waals surface area contributed by atoms with Crippen LogP contribution in [0.3, 0.4) is 0 Å². The summed E-state index contributed by atoms with van der Waals surface area (Å²) < 4.78 is 5.28. The van der Waals surface area contributed by atoms with E-state index in [4.69, 9.17) is 22.1 Å². The summed E-state index contributed by atoms with van der Waals surface area (Å²) in [5.41, 5.74) is 7.20. The molecule has 0 bridgehead atoms. The Morgan fingerprint density at radius 1 is 1.53 bits per heavy atom. The van der Waals surface area contributed by atoms with Crippen molar-refractivity contribution < 1.29 is 4.74 Å². The Kier molecular flexibility index (Phi) is 3.17. The number of hydrogen-bond acceptors (Lipinski definition) is 2. The van der Waals surface area contributed by atoms with Gasteiger partial charge in [-0.05, 0) is 24.5 Å². The summed E-state index contributed by atoms with van der Waals surface area (Å²) in [6.45, 7) is 0. The van der Waals surface area contributed by atoms with Crippen LogP contribution in [0.25, 0.3) is 0 Å². The summed E-state index contributed by atoms with van der Waals surface area (Å²) >= 11 is 5.90. The van der Waals surface area contributed by atoms with E-state index in [0.717, 1.165) is 23.7 Å². The Balaban J connectivity index is 2.17. The smallest absolute Gasteiger partial charge is 0.125 e. The molecule has 2 nitrogen and oxygen atoms in total. The lowest BCUT2D eigenvalue weighted by molar-refractivity contribution is 0.403. The minimum atomic E-state index is 0.0738. The van der Waals surface area contributed by atoms with Gasteiger partial charge in [0, 0.05) is 16.6 Å². The Labute approximate surface area is 95.4 Å². The standard InChI is InChI=1S/C12H16ClNO/c1-15-12-7-9(13)4-5-10(12)11(14)6-8-2-3-8/h4-5,7-8,11H,2-3,6,14H2,1H3. The third-order valence-electron chi connectivity index (χ3n) is 2.88. The number of hydrogen-bond donors (Lipinski definition) is 1. The normalized spacial score (nSPS) is 17.5. The zero-order valence-electron chi connectivity index (χ0n) is 8.87. The lowest BCUT2D eigenvalue weighted by Gasteiger charge is -2.15. The molecular formula is C12H16ClNO. The third kappa shape index (κ3) is 2.64. The highest BCUT2D eigenvalue weighted by Crippen LogP contribution is 2.39. The van der Waals surface area contributed by atoms with Crippen molar-refractivity contribution in [3.8, 4) is 5.75 Å². The predicted octanol–water partition coefficient (Wildman–Crippen LogP) is 3.15. The quantitative estimate of drug-likeness (QED) is 0.855. The van der Waals surface area contributed by atoms with E-state index in [1.54, 1.807) is 7.11 Å². The van der Waals surface area contributed by atoms with Gasteiger partial charge < -0.3 is 10.5 Å². The van der Waals surface area contributed by atoms with Crippen molar-refractivity contribution >= 4 is 11.6 Å². The number of ether oxygens (including phenoxy) is 1. The number of nitrogens with two attached hydrogens (primary N) is 1. The van der Waals surface area contributed by atoms with Crippen LogP contribution < -0.4 is 10.5 Å². The summed E-state index contributed by atoms with van der Waals surface area (Å²) in [5, 5.41) is 0.689. The Bertz CT molecular complexity index is 349. The molecule has 0 heterocycles. The maximum Gasteiger partial charge on any atom is 0.125 e. The van der Waals surface area contributed by atoms with Crippen LogP contribution in [0.1, 0.15) is 30.9 Å². The van der Waals surface area contributed by atoms with E-state index in [1.165, 1.54) is 12.8 Å². The molecule has 3 heteroatoms. The van der Waals surface area contributed by atoms with Crippen LogP contribution in [0.5, 0.6) is 5.75 Å². The first kappa shape index (κ1) is 10.8. The van der Waals surface area contributed by atoms with Crippen LogP contribution in [0.2, 0.25) is 5.02 Å². The number of rotatable bonds is 4. The van der Waals surface area contributed by atoms with Crippen molar-refractivity contribution in [1.29, 1.82) is 0 Å². The number of benzene rings is 1. The molecule has 0 aromatic heterocycles. The molecule has 1 aromatic carbocycles. The molecule has 2 rings (SSSR count). The van der Waals surface area contributed by atoms with Gasteiger partial charge in [0.15, 0.2) is 0 Å². The van der Waals surface area contributed by atoms with Gasteiger partial charge in [-0.3, -0.25) is 0 Å². The highest BCUT2D eigenvalue weighted by atomic mass is 35.5. The SMILES string of the molecule is COc1cc(Cl)ccc1C(N)CC1CC1. The average Bonchev–Trinajstić information content (AvgIpc) is 3.01. The lowest BCUT2D eigenvalue weighted by atomic mass is 10.0. The molecule has 1 unspecified atom stereocenters. The Morgan fingerprint density at radius 3 is 2.87 bits per heavy atom. The Morgan fingerprint density at radius 2 is 2.27 bits per heavy atom. The van der Waals surface area contributed by atoms with Crippen molar-refractivity contribution in [3.05, 3.63) is 28.8 Å². The van der Waals surface area contributed by atoms with Gasteiger partial charge in [0.2, 0.25) is 0 Å². The topological polar surface area (TPSA) is 35.2 Å². The summed E-state index contributed by atoms with van der Waals surface area (Å²) in [4.78, 5) is 0. The highest BCUT2D eigenvalue weighted by molar-refractivity contribution is 6.30. The van der Waals surface area contributed by atoms with E-state index in [1.807, 2.05) is 18.2 Å². The zero-order valence-corrected chi connectivity index (χ0v) is 9.63. The molecule has 82 valence electrons. The van der Waals surface area contributed by atoms with Crippen molar-refractivity contribution in [2.75, 3.05) is 7.11 Å². The molecule has 1 aliphatic rings. The fourth-order valence-electron chi connectivity index (χ4n) is 1.83. The van der Waals surface area contributed by atoms with Crippen molar-refractivity contribution in [2.45, 2.75) is 25.3 Å². The number of methoxy groups -OCH3 is 1. The molecule has 1 saturated carbocycles. The van der Waals surface area contributed by atoms with Crippen LogP contribution in [-0.2, 0) is 0 Å². The maximum atomic E-state index is 6.14. The monoisotopic (exact) mass is 225 g/mol. The molecule has 0 saturated heterocycles. The predicted molar refractivity (Wildman–Crippen MR) is 62.3 cm³/mol. The molecule has 2 N–H and O–H groups in total. The van der Waals surface area contributed by atoms with Gasteiger partial charge in [0.25, 0.3) is 0 Å². The average molecular weight is 226 g/mol. The zero-order chi connectivity index (χ0) is 10.8. The van der Waals surface area contributed by atoms with E-state index in [-0.39, 0.29) is 6.04 Å². The van der Waals surface area contributed by atoms with Gasteiger partial charge in [0.1, 0.15) is 5.75 Å². The van der Waals surface area contributed by atoms with Crippen molar-refractivity contribution in [3.63, 3.8) is 0 Å². The van der Waals surface area contributed by atoms with Gasteiger partial charge >= 0.3 is 0 Å². The summed E-state index contributed by atoms with van der Waals surface area (Å²) in [6.07, 6.45) is 3.70. The van der Waals surface area contributed by atoms with Crippen molar-refractivity contribution in [2.24, 2.45) is 11.7 Å². The van der Waals surface area contributed by atoms with Gasteiger partial charge in [-0.25, -0.2) is 0 Å². The van der Waals surface area contributed by atoms with E-state index in [2.05, 4.69) is 0 Å². The molecule has 0 spiro atoms. The third-order valence-corrected chi connectivity index (χ3v) is 3.11. The van der Waals surface area contributed by atoms with Crippen molar-refractivity contribution in [1.82, 2.24) is 0 Å². The fourth-order valence-corrected chi connectivity index (χ4v) is 1.99. The first-order valence-corrected chi connectivity index (χ1v) is 5.67. The minimum absolute atomic E-state index is 0.0738. The maximum absolute atomic E-state index is 6.14. The molecule has 1 aliphatic carbocycles. The van der Waals surface area contributed by atoms with Gasteiger partial charge in [-0.1, -0.05) is 30.5 Å². The fraction of sp³-hybridized carbons (Fsp3) is 0.500. The van der Waals surface area contributed by atoms with Gasteiger partial charge in [-0.2, -0.15) is 0 Å². The first-order chi connectivity index (χ1) is 7.20. The highest BCUT2D eigenvalue weighted by Gasteiger charge is 2.25. The largest absolute Gasteiger partial charge is 0.496 e. The molecular weight excluding hydrogens is 210 g/mol. The first-order valence-electron chi connectivity index (χ1n) is 5.29. The lowest BCUT2D eigenvalue weighted by Crippen LogP contribution is -2.12. The second-order valence-corrected chi connectivity index (χ2v) is 4.61. The molecule has 0 amide bonds. The molecule has 15 heavy (non-hydrogen) atoms. The summed E-state index contributed by atoms with van der Waals surface area (Å²) in [5.74, 6) is 1.62. The second kappa shape index (κ2) is 4.42. The number of halogens is 1. The van der Waals surface area contributed by atoms with Crippen LogP contribution in [0, 0.1) is 5.92 Å². The summed E-state index contributed by atoms with van der Waals surface area (Å²) in [7, 11) is 1.65. The van der Waals surface area contributed by atoms with Crippen LogP contribution in [0.15, 0.2) is 18.2 Å². The van der Waals surface area contributed by atoms with Crippen LogP contribution in [0.4, 0.5) is 0 Å². The van der Waals surface area contributed by atoms with E-state index in [0.29, 0.717) is 5.02 Å². The van der Waals surface area contributed by atoms with Gasteiger partial charge in [-0.15, -0.1) is 0 Å². The summed E-state index contributed by atoms with van der Waals surface area (Å²) in [6, 6.07) is 5.73. The molecule has 0 radical (unpaired) electrons. The molecule has 1 aromatic rings. The second-order valence-electron chi connectivity index (χ2n) is 4.17. The minimum Gasteiger partial charge on any atom is -0.496 e. The Hall–Kier alpha value is -0.730. The van der Waals surface area contributed by atoms with Crippen LogP contribution >= 0.6 is 11.6 Å². The van der Waals surface area contributed by atoms with E-state index >= 15 is 0 Å². The van der Waals surface area contributed by atoms with Crippen LogP contribution in [-0.4, -0.2) is 7.11 Å². The molecule has 0 aliphatic heterocycles. The molecule has 1 fully saturated rings. The van der Waals surface area contributed by atoms with E-state index in [9.17, 15) is 0 Å². The van der Waals surface area contributed by atoms with E-state index < -0.39 is 0 Å². The van der Waals surface area contributed by atoms with Gasteiger partial charge in [0.05, 0.1) is 7.11 Å².